The topological polar surface area (TPSA) is 26.3 Å². The van der Waals surface area contributed by atoms with Gasteiger partial charge in [0.15, 0.2) is 0 Å². The molecule has 0 amide bonds. The molecular formula is C11H9Br2F3O2. The van der Waals surface area contributed by atoms with Gasteiger partial charge in [-0.3, -0.25) is 0 Å². The van der Waals surface area contributed by atoms with Gasteiger partial charge in [-0.15, -0.1) is 0 Å². The highest BCUT2D eigenvalue weighted by atomic mass is 79.9. The summed E-state index contributed by atoms with van der Waals surface area (Å²) >= 11 is 6.04. The van der Waals surface area contributed by atoms with Crippen LogP contribution in [0.25, 0.3) is 0 Å². The average Bonchev–Trinajstić information content (AvgIpc) is 2.25. The van der Waals surface area contributed by atoms with Crippen LogP contribution < -0.4 is 0 Å². The van der Waals surface area contributed by atoms with Crippen LogP contribution in [0.3, 0.4) is 0 Å². The lowest BCUT2D eigenvalue weighted by Gasteiger charge is -2.18. The molecule has 7 heteroatoms. The summed E-state index contributed by atoms with van der Waals surface area (Å²) in [6.07, 6.45) is -4.54. The number of esters is 1. The summed E-state index contributed by atoms with van der Waals surface area (Å²) in [6, 6.07) is 2.26. The summed E-state index contributed by atoms with van der Waals surface area (Å²) in [6.45, 7) is 1.52. The minimum Gasteiger partial charge on any atom is -0.465 e. The second kappa shape index (κ2) is 5.61. The Hall–Kier alpha value is -0.560. The maximum absolute atomic E-state index is 12.9. The number of benzene rings is 1. The van der Waals surface area contributed by atoms with Gasteiger partial charge in [0, 0.05) is 9.30 Å². The van der Waals surface area contributed by atoms with E-state index in [0.717, 1.165) is 13.2 Å². The zero-order chi connectivity index (χ0) is 14.1. The maximum Gasteiger partial charge on any atom is 0.416 e. The zero-order valence-corrected chi connectivity index (χ0v) is 12.6. The number of hydrogen-bond donors (Lipinski definition) is 0. The fourth-order valence-corrected chi connectivity index (χ4v) is 2.51. The quantitative estimate of drug-likeness (QED) is 0.540. The second-order valence-electron chi connectivity index (χ2n) is 3.52. The Morgan fingerprint density at radius 3 is 2.33 bits per heavy atom. The molecule has 0 heterocycles. The summed E-state index contributed by atoms with van der Waals surface area (Å²) in [5, 5.41) is 0. The van der Waals surface area contributed by atoms with Gasteiger partial charge in [0.25, 0.3) is 0 Å². The highest BCUT2D eigenvalue weighted by Crippen LogP contribution is 2.40. The normalized spacial score (nSPS) is 13.3. The third kappa shape index (κ3) is 3.26. The van der Waals surface area contributed by atoms with Crippen LogP contribution in [-0.4, -0.2) is 13.1 Å². The largest absolute Gasteiger partial charge is 0.465 e. The molecule has 0 N–H and O–H groups in total. The molecule has 2 nitrogen and oxygen atoms in total. The Kier molecular flexibility index (Phi) is 4.83. The summed E-state index contributed by atoms with van der Waals surface area (Å²) < 4.78 is 43.5. The van der Waals surface area contributed by atoms with Crippen molar-refractivity contribution in [3.05, 3.63) is 33.3 Å². The fourth-order valence-electron chi connectivity index (χ4n) is 1.56. The van der Waals surface area contributed by atoms with E-state index in [1.165, 1.54) is 13.0 Å². The molecule has 0 spiro atoms. The molecule has 100 valence electrons. The van der Waals surface area contributed by atoms with Crippen LogP contribution in [0.1, 0.15) is 33.2 Å². The van der Waals surface area contributed by atoms with Crippen LogP contribution in [0.2, 0.25) is 0 Å². The molecular weight excluding hydrogens is 381 g/mol. The lowest BCUT2D eigenvalue weighted by atomic mass is 9.98. The molecule has 0 aromatic heterocycles. The van der Waals surface area contributed by atoms with Crippen LogP contribution in [0.4, 0.5) is 13.2 Å². The molecule has 1 unspecified atom stereocenters. The minimum atomic E-state index is -4.54. The lowest BCUT2D eigenvalue weighted by molar-refractivity contribution is -0.138. The molecule has 0 radical (unpaired) electrons. The van der Waals surface area contributed by atoms with E-state index < -0.39 is 22.5 Å². The third-order valence-electron chi connectivity index (χ3n) is 2.25. The van der Waals surface area contributed by atoms with Gasteiger partial charge in [-0.1, -0.05) is 31.9 Å². The highest BCUT2D eigenvalue weighted by Gasteiger charge is 2.37. The van der Waals surface area contributed by atoms with Gasteiger partial charge in [-0.25, -0.2) is 4.79 Å². The molecule has 1 aromatic rings. The minimum absolute atomic E-state index is 0.108. The Balaban J connectivity index is 3.62. The maximum atomic E-state index is 12.9. The molecule has 0 saturated carbocycles. The van der Waals surface area contributed by atoms with Gasteiger partial charge in [0.05, 0.1) is 18.2 Å². The Labute approximate surface area is 119 Å². The number of alkyl halides is 4. The Morgan fingerprint density at radius 1 is 1.39 bits per heavy atom. The molecule has 0 aliphatic rings. The summed E-state index contributed by atoms with van der Waals surface area (Å²) in [5.41, 5.74) is -1.09. The standard InChI is InChI=1S/C11H9Br2F3O2/c1-5(12)9-7(10(17)18-2)3-6(13)4-8(9)11(14,15)16/h3-5H,1-2H3. The van der Waals surface area contributed by atoms with Gasteiger partial charge in [0.1, 0.15) is 0 Å². The van der Waals surface area contributed by atoms with Crippen molar-refractivity contribution in [2.75, 3.05) is 7.11 Å². The number of ether oxygens (including phenoxy) is 1. The summed E-state index contributed by atoms with van der Waals surface area (Å²) in [7, 11) is 1.12. The molecule has 0 saturated heterocycles. The van der Waals surface area contributed by atoms with E-state index in [0.29, 0.717) is 0 Å². The van der Waals surface area contributed by atoms with Crippen LogP contribution in [0.5, 0.6) is 0 Å². The van der Waals surface area contributed by atoms with Gasteiger partial charge in [-0.05, 0) is 24.6 Å². The Morgan fingerprint density at radius 2 is 1.94 bits per heavy atom. The number of carbonyl (C=O) groups is 1. The first-order valence-corrected chi connectivity index (χ1v) is 6.52. The number of hydrogen-bond acceptors (Lipinski definition) is 2. The molecule has 1 aromatic carbocycles. The van der Waals surface area contributed by atoms with E-state index in [1.807, 2.05) is 0 Å². The fraction of sp³-hybridized carbons (Fsp3) is 0.364. The van der Waals surface area contributed by atoms with Crippen molar-refractivity contribution < 1.29 is 22.7 Å². The predicted molar refractivity (Wildman–Crippen MR) is 67.8 cm³/mol. The van der Waals surface area contributed by atoms with Crippen LogP contribution >= 0.6 is 31.9 Å². The summed E-state index contributed by atoms with van der Waals surface area (Å²) in [5.74, 6) is -0.803. The SMILES string of the molecule is COC(=O)c1cc(Br)cc(C(F)(F)F)c1C(C)Br. The smallest absolute Gasteiger partial charge is 0.416 e. The van der Waals surface area contributed by atoms with Gasteiger partial charge >= 0.3 is 12.1 Å². The van der Waals surface area contributed by atoms with E-state index in [2.05, 4.69) is 36.6 Å². The van der Waals surface area contributed by atoms with E-state index in [4.69, 9.17) is 0 Å². The first-order chi connectivity index (χ1) is 8.18. The average molecular weight is 390 g/mol. The van der Waals surface area contributed by atoms with Gasteiger partial charge < -0.3 is 4.74 Å². The molecule has 18 heavy (non-hydrogen) atoms. The molecule has 0 aliphatic carbocycles. The molecule has 1 atom stereocenters. The molecule has 0 bridgehead atoms. The van der Waals surface area contributed by atoms with E-state index >= 15 is 0 Å². The molecule has 0 aliphatic heterocycles. The lowest BCUT2D eigenvalue weighted by Crippen LogP contribution is -2.15. The molecule has 1 rings (SSSR count). The van der Waals surface area contributed by atoms with Gasteiger partial charge in [0.2, 0.25) is 0 Å². The number of methoxy groups -OCH3 is 1. The van der Waals surface area contributed by atoms with Crippen LogP contribution in [-0.2, 0) is 10.9 Å². The van der Waals surface area contributed by atoms with E-state index in [-0.39, 0.29) is 15.6 Å². The van der Waals surface area contributed by atoms with Crippen molar-refractivity contribution in [1.82, 2.24) is 0 Å². The predicted octanol–water partition coefficient (Wildman–Crippen LogP) is 4.71. The molecule has 0 fully saturated rings. The first kappa shape index (κ1) is 15.5. The van der Waals surface area contributed by atoms with Crippen molar-refractivity contribution in [3.8, 4) is 0 Å². The van der Waals surface area contributed by atoms with Crippen LogP contribution in [0.15, 0.2) is 16.6 Å². The highest BCUT2D eigenvalue weighted by molar-refractivity contribution is 9.10. The van der Waals surface area contributed by atoms with Crippen LogP contribution in [0, 0.1) is 0 Å². The zero-order valence-electron chi connectivity index (χ0n) is 9.44. The summed E-state index contributed by atoms with van der Waals surface area (Å²) in [4.78, 5) is 10.9. The van der Waals surface area contributed by atoms with Crippen molar-refractivity contribution >= 4 is 37.8 Å². The number of rotatable bonds is 2. The monoisotopic (exact) mass is 388 g/mol. The third-order valence-corrected chi connectivity index (χ3v) is 3.17. The van der Waals surface area contributed by atoms with E-state index in [1.54, 1.807) is 0 Å². The van der Waals surface area contributed by atoms with Crippen molar-refractivity contribution in [1.29, 1.82) is 0 Å². The van der Waals surface area contributed by atoms with E-state index in [9.17, 15) is 18.0 Å². The number of halogens is 5. The van der Waals surface area contributed by atoms with Crippen molar-refractivity contribution in [3.63, 3.8) is 0 Å². The second-order valence-corrected chi connectivity index (χ2v) is 5.81. The van der Waals surface area contributed by atoms with Crippen molar-refractivity contribution in [2.45, 2.75) is 17.9 Å². The first-order valence-electron chi connectivity index (χ1n) is 4.81. The number of carbonyl (C=O) groups excluding carboxylic acids is 1. The Bertz CT molecular complexity index is 470. The van der Waals surface area contributed by atoms with Gasteiger partial charge in [-0.2, -0.15) is 13.2 Å². The van der Waals surface area contributed by atoms with Crippen molar-refractivity contribution in [2.24, 2.45) is 0 Å².